The fourth-order valence-corrected chi connectivity index (χ4v) is 7.08. The molecule has 1 aliphatic heterocycles. The van der Waals surface area contributed by atoms with Crippen LogP contribution in [-0.2, 0) is 17.7 Å². The number of nitrogens with two attached hydrogens (primary N) is 1. The number of pyridine rings is 1. The number of esters is 1. The maximum Gasteiger partial charge on any atom is 0.357 e. The first-order chi connectivity index (χ1) is 22.2. The second-order valence-corrected chi connectivity index (χ2v) is 13.5. The third-order valence-corrected chi connectivity index (χ3v) is 9.89. The van der Waals surface area contributed by atoms with Crippen LogP contribution < -0.4 is 21.1 Å². The van der Waals surface area contributed by atoms with E-state index < -0.39 is 5.97 Å². The van der Waals surface area contributed by atoms with Crippen LogP contribution in [0.5, 0.6) is 5.75 Å². The number of carbonyl (C=O) groups is 3. The van der Waals surface area contributed by atoms with Crippen molar-refractivity contribution in [1.29, 1.82) is 0 Å². The second-order valence-electron chi connectivity index (χ2n) is 12.6. The van der Waals surface area contributed by atoms with Crippen LogP contribution in [0.3, 0.4) is 0 Å². The summed E-state index contributed by atoms with van der Waals surface area (Å²) in [6, 6.07) is 16.3. The number of methoxy groups -OCH3 is 1. The van der Waals surface area contributed by atoms with Gasteiger partial charge in [0.15, 0.2) is 5.69 Å². The summed E-state index contributed by atoms with van der Waals surface area (Å²) in [4.78, 5) is 46.0. The van der Waals surface area contributed by atoms with Crippen LogP contribution in [0.15, 0.2) is 60.0 Å². The fourth-order valence-electron chi connectivity index (χ4n) is 6.11. The van der Waals surface area contributed by atoms with Crippen LogP contribution in [-0.4, -0.2) is 42.5 Å². The minimum atomic E-state index is -0.718. The van der Waals surface area contributed by atoms with Gasteiger partial charge in [-0.3, -0.25) is 9.59 Å². The zero-order valence-corrected chi connectivity index (χ0v) is 27.1. The summed E-state index contributed by atoms with van der Waals surface area (Å²) in [6.07, 6.45) is 4.54. The standard InChI is InChI=1S/C36H38N4O5S/c1-36(2)14-10-24(11-15-36)39-34(42)29-9-8-25(31(40-29)35(43)44-3)26-19-30-28(32-22(12-16-45-30)13-17-46-32)18-27(26)33(41)38-23-6-4-21(20-37)5-7-23/h4-9,13,17-19,24H,10-12,14-16,20,37H2,1-3H3,(H,38,41)(H,39,42). The molecule has 1 saturated carbocycles. The highest BCUT2D eigenvalue weighted by atomic mass is 32.1. The first kappa shape index (κ1) is 31.4. The van der Waals surface area contributed by atoms with Crippen LogP contribution in [0.2, 0.25) is 0 Å². The number of fused-ring (bicyclic) bond motifs is 3. The molecule has 2 amide bonds. The van der Waals surface area contributed by atoms with Gasteiger partial charge in [0.25, 0.3) is 11.8 Å². The van der Waals surface area contributed by atoms with E-state index in [0.29, 0.717) is 41.3 Å². The Morgan fingerprint density at radius 3 is 2.48 bits per heavy atom. The number of hydrogen-bond acceptors (Lipinski definition) is 8. The van der Waals surface area contributed by atoms with Gasteiger partial charge in [0.1, 0.15) is 11.4 Å². The van der Waals surface area contributed by atoms with Gasteiger partial charge in [-0.25, -0.2) is 9.78 Å². The fraction of sp³-hybridized carbons (Fsp3) is 0.333. The number of nitrogens with one attached hydrogen (secondary N) is 2. The molecule has 0 atom stereocenters. The van der Waals surface area contributed by atoms with Gasteiger partial charge in [-0.2, -0.15) is 0 Å². The molecule has 0 spiro atoms. The van der Waals surface area contributed by atoms with Crippen molar-refractivity contribution in [3.05, 3.63) is 88.1 Å². The van der Waals surface area contributed by atoms with Crippen LogP contribution in [0, 0.1) is 5.41 Å². The lowest BCUT2D eigenvalue weighted by atomic mass is 9.75. The molecular formula is C36H38N4O5S. The average molecular weight is 639 g/mol. The quantitative estimate of drug-likeness (QED) is 0.194. The normalized spacial score (nSPS) is 15.5. The zero-order chi connectivity index (χ0) is 32.4. The van der Waals surface area contributed by atoms with Crippen molar-refractivity contribution in [2.45, 2.75) is 58.5 Å². The van der Waals surface area contributed by atoms with Crippen molar-refractivity contribution in [1.82, 2.24) is 10.3 Å². The number of hydrogen-bond donors (Lipinski definition) is 3. The third-order valence-electron chi connectivity index (χ3n) is 8.90. The summed E-state index contributed by atoms with van der Waals surface area (Å²) in [5, 5.41) is 8.11. The Kier molecular flexibility index (Phi) is 8.93. The Hall–Kier alpha value is -4.54. The SMILES string of the molecule is COC(=O)c1nc(C(=O)NC2CCC(C)(C)CC2)ccc1-c1cc2c(cc1C(=O)Nc1ccc(CN)cc1)-c1sccc1CCO2. The maximum absolute atomic E-state index is 14.0. The Balaban J connectivity index is 1.41. The highest BCUT2D eigenvalue weighted by Gasteiger charge is 2.30. The highest BCUT2D eigenvalue weighted by Crippen LogP contribution is 2.43. The second kappa shape index (κ2) is 13.1. The van der Waals surface area contributed by atoms with E-state index >= 15 is 0 Å². The molecule has 0 bridgehead atoms. The van der Waals surface area contributed by atoms with Gasteiger partial charge in [-0.15, -0.1) is 11.3 Å². The Morgan fingerprint density at radius 1 is 1.00 bits per heavy atom. The molecule has 0 radical (unpaired) electrons. The van der Waals surface area contributed by atoms with E-state index in [1.54, 1.807) is 47.7 Å². The van der Waals surface area contributed by atoms with Gasteiger partial charge in [-0.1, -0.05) is 26.0 Å². The molecule has 238 valence electrons. The Bertz CT molecular complexity index is 1790. The van der Waals surface area contributed by atoms with Gasteiger partial charge in [-0.05, 0) is 90.1 Å². The first-order valence-electron chi connectivity index (χ1n) is 15.5. The van der Waals surface area contributed by atoms with Crippen molar-refractivity contribution in [2.75, 3.05) is 19.0 Å². The summed E-state index contributed by atoms with van der Waals surface area (Å²) in [5.41, 5.74) is 10.7. The molecular weight excluding hydrogens is 600 g/mol. The lowest BCUT2D eigenvalue weighted by Gasteiger charge is -2.34. The van der Waals surface area contributed by atoms with Gasteiger partial charge in [0, 0.05) is 51.8 Å². The lowest BCUT2D eigenvalue weighted by molar-refractivity contribution is 0.0594. The first-order valence-corrected chi connectivity index (χ1v) is 16.4. The number of rotatable bonds is 7. The number of carbonyl (C=O) groups excluding carboxylic acids is 3. The lowest BCUT2D eigenvalue weighted by Crippen LogP contribution is -2.39. The number of nitrogens with zero attached hydrogens (tertiary/aromatic N) is 1. The minimum Gasteiger partial charge on any atom is -0.493 e. The molecule has 6 rings (SSSR count). The minimum absolute atomic E-state index is 0.0432. The molecule has 1 aliphatic carbocycles. The molecule has 4 N–H and O–H groups in total. The summed E-state index contributed by atoms with van der Waals surface area (Å²) < 4.78 is 11.3. The molecule has 2 aliphatic rings. The summed E-state index contributed by atoms with van der Waals surface area (Å²) in [5.74, 6) is -0.851. The number of ether oxygens (including phenoxy) is 2. The number of amides is 2. The van der Waals surface area contributed by atoms with Crippen molar-refractivity contribution in [3.63, 3.8) is 0 Å². The van der Waals surface area contributed by atoms with Gasteiger partial charge in [0.05, 0.1) is 13.7 Å². The summed E-state index contributed by atoms with van der Waals surface area (Å²) in [6.45, 7) is 5.34. The number of thiophene rings is 1. The highest BCUT2D eigenvalue weighted by molar-refractivity contribution is 7.13. The molecule has 46 heavy (non-hydrogen) atoms. The summed E-state index contributed by atoms with van der Waals surface area (Å²) >= 11 is 1.59. The molecule has 0 saturated heterocycles. The molecule has 2 aromatic carbocycles. The number of aromatic nitrogens is 1. The predicted molar refractivity (Wildman–Crippen MR) is 179 cm³/mol. The monoisotopic (exact) mass is 638 g/mol. The predicted octanol–water partition coefficient (Wildman–Crippen LogP) is 6.61. The molecule has 1 fully saturated rings. The van der Waals surface area contributed by atoms with E-state index in [1.807, 2.05) is 17.5 Å². The van der Waals surface area contributed by atoms with Crippen molar-refractivity contribution in [3.8, 4) is 27.3 Å². The number of benzene rings is 2. The van der Waals surface area contributed by atoms with E-state index in [0.717, 1.165) is 53.7 Å². The van der Waals surface area contributed by atoms with Crippen LogP contribution in [0.25, 0.3) is 21.6 Å². The summed E-state index contributed by atoms with van der Waals surface area (Å²) in [7, 11) is 1.27. The Labute approximate surface area is 272 Å². The smallest absolute Gasteiger partial charge is 0.357 e. The Morgan fingerprint density at radius 2 is 1.76 bits per heavy atom. The van der Waals surface area contributed by atoms with Crippen LogP contribution in [0.1, 0.15) is 82.0 Å². The molecule has 3 heterocycles. The number of anilines is 1. The third kappa shape index (κ3) is 6.54. The molecule has 10 heteroatoms. The van der Waals surface area contributed by atoms with E-state index in [1.165, 1.54) is 7.11 Å². The molecule has 0 unspecified atom stereocenters. The largest absolute Gasteiger partial charge is 0.493 e. The van der Waals surface area contributed by atoms with Gasteiger partial charge >= 0.3 is 5.97 Å². The van der Waals surface area contributed by atoms with Gasteiger partial charge < -0.3 is 25.8 Å². The topological polar surface area (TPSA) is 133 Å². The van der Waals surface area contributed by atoms with Crippen LogP contribution in [0.4, 0.5) is 5.69 Å². The molecule has 2 aromatic heterocycles. The van der Waals surface area contributed by atoms with E-state index in [4.69, 9.17) is 15.2 Å². The average Bonchev–Trinajstić information content (AvgIpc) is 3.46. The van der Waals surface area contributed by atoms with E-state index in [9.17, 15) is 14.4 Å². The molecule has 4 aromatic rings. The van der Waals surface area contributed by atoms with Gasteiger partial charge in [0.2, 0.25) is 0 Å². The van der Waals surface area contributed by atoms with E-state index in [2.05, 4.69) is 35.5 Å². The zero-order valence-electron chi connectivity index (χ0n) is 26.3. The van der Waals surface area contributed by atoms with Crippen LogP contribution >= 0.6 is 11.3 Å². The maximum atomic E-state index is 14.0. The van der Waals surface area contributed by atoms with Crippen molar-refractivity contribution in [2.24, 2.45) is 11.1 Å². The molecule has 9 nitrogen and oxygen atoms in total. The van der Waals surface area contributed by atoms with Crippen molar-refractivity contribution < 1.29 is 23.9 Å². The van der Waals surface area contributed by atoms with Crippen molar-refractivity contribution >= 4 is 34.8 Å². The van der Waals surface area contributed by atoms with E-state index in [-0.39, 0.29) is 34.7 Å².